The zero-order chi connectivity index (χ0) is 14.1. The summed E-state index contributed by atoms with van der Waals surface area (Å²) in [4.78, 5) is 15.3. The van der Waals surface area contributed by atoms with E-state index in [4.69, 9.17) is 4.52 Å². The fraction of sp³-hybridized carbons (Fsp3) is 0.308. The lowest BCUT2D eigenvalue weighted by Gasteiger charge is -2.18. The lowest BCUT2D eigenvalue weighted by Crippen LogP contribution is -2.19. The fourth-order valence-corrected chi connectivity index (χ4v) is 2.12. The van der Waals surface area contributed by atoms with Crippen molar-refractivity contribution in [3.8, 4) is 0 Å². The van der Waals surface area contributed by atoms with Crippen LogP contribution in [0.5, 0.6) is 0 Å². The van der Waals surface area contributed by atoms with Crippen LogP contribution >= 0.6 is 0 Å². The van der Waals surface area contributed by atoms with Crippen molar-refractivity contribution in [2.24, 2.45) is 0 Å². The first-order valence-electron chi connectivity index (χ1n) is 6.27. The van der Waals surface area contributed by atoms with Crippen molar-refractivity contribution < 1.29 is 13.7 Å². The quantitative estimate of drug-likeness (QED) is 0.896. The van der Waals surface area contributed by atoms with Gasteiger partial charge >= 0.3 is 0 Å². The van der Waals surface area contributed by atoms with E-state index >= 15 is 0 Å². The van der Waals surface area contributed by atoms with Crippen molar-refractivity contribution in [1.82, 2.24) is 10.1 Å². The van der Waals surface area contributed by atoms with Gasteiger partial charge in [-0.3, -0.25) is 4.79 Å². The molecule has 0 fully saturated rings. The third kappa shape index (κ3) is 2.47. The summed E-state index contributed by atoms with van der Waals surface area (Å²) in [5, 5.41) is 9.24. The first-order valence-corrected chi connectivity index (χ1v) is 6.27. The minimum Gasteiger partial charge on any atom is -0.374 e. The molecule has 0 radical (unpaired) electrons. The van der Waals surface area contributed by atoms with Crippen LogP contribution in [0.1, 0.15) is 23.7 Å². The predicted octanol–water partition coefficient (Wildman–Crippen LogP) is 2.01. The average molecular weight is 276 g/mol. The van der Waals surface area contributed by atoms with Crippen LogP contribution in [0.3, 0.4) is 0 Å². The molecule has 1 aliphatic heterocycles. The molecule has 0 spiro atoms. The van der Waals surface area contributed by atoms with Gasteiger partial charge in [0.05, 0.1) is 12.2 Å². The number of anilines is 2. The highest BCUT2D eigenvalue weighted by atomic mass is 19.1. The van der Waals surface area contributed by atoms with E-state index in [9.17, 15) is 9.18 Å². The largest absolute Gasteiger partial charge is 0.374 e. The van der Waals surface area contributed by atoms with Crippen molar-refractivity contribution in [3.05, 3.63) is 35.2 Å². The minimum absolute atomic E-state index is 0.0843. The van der Waals surface area contributed by atoms with Crippen molar-refractivity contribution in [3.63, 3.8) is 0 Å². The number of aryl methyl sites for hydroxylation is 2. The Balaban J connectivity index is 1.78. The zero-order valence-electron chi connectivity index (χ0n) is 10.9. The highest BCUT2D eigenvalue weighted by Crippen LogP contribution is 2.28. The van der Waals surface area contributed by atoms with Gasteiger partial charge in [-0.1, -0.05) is 5.16 Å². The lowest BCUT2D eigenvalue weighted by molar-refractivity contribution is -0.116. The molecule has 2 aromatic rings. The van der Waals surface area contributed by atoms with Crippen molar-refractivity contribution in [1.29, 1.82) is 0 Å². The standard InChI is InChI=1S/C13H13FN4O2/c1-7-16-13(20-18-7)6-15-11-4-8-2-3-12(19)17-10(8)5-9(11)14/h4-5,15H,2-3,6H2,1H3,(H,17,19). The highest BCUT2D eigenvalue weighted by molar-refractivity contribution is 5.94. The molecule has 2 heterocycles. The zero-order valence-corrected chi connectivity index (χ0v) is 10.9. The van der Waals surface area contributed by atoms with E-state index in [1.165, 1.54) is 6.07 Å². The molecule has 7 heteroatoms. The van der Waals surface area contributed by atoms with Crippen LogP contribution in [0.4, 0.5) is 15.8 Å². The molecule has 0 aliphatic carbocycles. The molecule has 0 saturated carbocycles. The molecular weight excluding hydrogens is 263 g/mol. The van der Waals surface area contributed by atoms with Gasteiger partial charge in [0, 0.05) is 12.1 Å². The minimum atomic E-state index is -0.429. The van der Waals surface area contributed by atoms with E-state index < -0.39 is 5.82 Å². The topological polar surface area (TPSA) is 80.0 Å². The Morgan fingerprint density at radius 3 is 3.05 bits per heavy atom. The molecule has 6 nitrogen and oxygen atoms in total. The van der Waals surface area contributed by atoms with Gasteiger partial charge in [0.2, 0.25) is 11.8 Å². The van der Waals surface area contributed by atoms with Crippen LogP contribution < -0.4 is 10.6 Å². The lowest BCUT2D eigenvalue weighted by atomic mass is 10.0. The fourth-order valence-electron chi connectivity index (χ4n) is 2.12. The van der Waals surface area contributed by atoms with Gasteiger partial charge in [0.15, 0.2) is 5.82 Å². The SMILES string of the molecule is Cc1noc(CNc2cc3c(cc2F)NC(=O)CC3)n1. The molecular formula is C13H13FN4O2. The maximum absolute atomic E-state index is 13.9. The van der Waals surface area contributed by atoms with Crippen LogP contribution in [0, 0.1) is 12.7 Å². The third-order valence-electron chi connectivity index (χ3n) is 3.09. The molecule has 0 bridgehead atoms. The number of hydrogen-bond donors (Lipinski definition) is 2. The van der Waals surface area contributed by atoms with Gasteiger partial charge < -0.3 is 15.2 Å². The van der Waals surface area contributed by atoms with E-state index in [1.54, 1.807) is 13.0 Å². The Labute approximate surface area is 114 Å². The van der Waals surface area contributed by atoms with Gasteiger partial charge in [-0.25, -0.2) is 4.39 Å². The van der Waals surface area contributed by atoms with Crippen LogP contribution in [0.25, 0.3) is 0 Å². The van der Waals surface area contributed by atoms with Crippen LogP contribution in [0.2, 0.25) is 0 Å². The number of carbonyl (C=O) groups excluding carboxylic acids is 1. The molecule has 104 valence electrons. The molecule has 2 N–H and O–H groups in total. The Morgan fingerprint density at radius 2 is 2.30 bits per heavy atom. The van der Waals surface area contributed by atoms with Crippen molar-refractivity contribution in [2.75, 3.05) is 10.6 Å². The number of amides is 1. The Kier molecular flexibility index (Phi) is 3.09. The monoisotopic (exact) mass is 276 g/mol. The number of aromatic nitrogens is 2. The molecule has 0 atom stereocenters. The normalized spacial score (nSPS) is 13.8. The maximum atomic E-state index is 13.9. The second-order valence-corrected chi connectivity index (χ2v) is 4.63. The van der Waals surface area contributed by atoms with Gasteiger partial charge in [0.25, 0.3) is 0 Å². The molecule has 1 aromatic heterocycles. The summed E-state index contributed by atoms with van der Waals surface area (Å²) in [7, 11) is 0. The molecule has 20 heavy (non-hydrogen) atoms. The van der Waals surface area contributed by atoms with Crippen LogP contribution in [0.15, 0.2) is 16.7 Å². The number of rotatable bonds is 3. The highest BCUT2D eigenvalue weighted by Gasteiger charge is 2.17. The number of fused-ring (bicyclic) bond motifs is 1. The van der Waals surface area contributed by atoms with E-state index in [0.29, 0.717) is 35.9 Å². The van der Waals surface area contributed by atoms with E-state index in [-0.39, 0.29) is 12.5 Å². The summed E-state index contributed by atoms with van der Waals surface area (Å²) in [6, 6.07) is 3.03. The summed E-state index contributed by atoms with van der Waals surface area (Å²) in [5.41, 5.74) is 1.81. The van der Waals surface area contributed by atoms with Crippen molar-refractivity contribution in [2.45, 2.75) is 26.3 Å². The van der Waals surface area contributed by atoms with Gasteiger partial charge in [-0.05, 0) is 31.0 Å². The number of hydrogen-bond acceptors (Lipinski definition) is 5. The predicted molar refractivity (Wildman–Crippen MR) is 69.7 cm³/mol. The molecule has 0 saturated heterocycles. The number of nitrogens with zero attached hydrogens (tertiary/aromatic N) is 2. The number of nitrogens with one attached hydrogen (secondary N) is 2. The molecule has 0 unspecified atom stereocenters. The first-order chi connectivity index (χ1) is 9.61. The summed E-state index contributed by atoms with van der Waals surface area (Å²) in [6.07, 6.45) is 1.02. The summed E-state index contributed by atoms with van der Waals surface area (Å²) < 4.78 is 18.9. The summed E-state index contributed by atoms with van der Waals surface area (Å²) in [6.45, 7) is 1.97. The first kappa shape index (κ1) is 12.6. The number of halogens is 1. The molecule has 1 aromatic carbocycles. The maximum Gasteiger partial charge on any atom is 0.245 e. The number of benzene rings is 1. The van der Waals surface area contributed by atoms with Crippen LogP contribution in [-0.2, 0) is 17.8 Å². The smallest absolute Gasteiger partial charge is 0.245 e. The van der Waals surface area contributed by atoms with Gasteiger partial charge in [-0.15, -0.1) is 0 Å². The Hall–Kier alpha value is -2.44. The second-order valence-electron chi connectivity index (χ2n) is 4.63. The molecule has 3 rings (SSSR count). The molecule has 1 aliphatic rings. The number of carbonyl (C=O) groups is 1. The summed E-state index contributed by atoms with van der Waals surface area (Å²) in [5.74, 6) is 0.421. The average Bonchev–Trinajstić information content (AvgIpc) is 2.82. The second kappa shape index (κ2) is 4.92. The van der Waals surface area contributed by atoms with E-state index in [2.05, 4.69) is 20.8 Å². The summed E-state index contributed by atoms with van der Waals surface area (Å²) >= 11 is 0. The Morgan fingerprint density at radius 1 is 1.45 bits per heavy atom. The van der Waals surface area contributed by atoms with E-state index in [0.717, 1.165) is 5.56 Å². The van der Waals surface area contributed by atoms with Crippen LogP contribution in [-0.4, -0.2) is 16.0 Å². The molecule has 1 amide bonds. The Bertz CT molecular complexity index is 668. The van der Waals surface area contributed by atoms with E-state index in [1.807, 2.05) is 0 Å². The van der Waals surface area contributed by atoms with Gasteiger partial charge in [0.1, 0.15) is 5.82 Å². The van der Waals surface area contributed by atoms with Crippen molar-refractivity contribution >= 4 is 17.3 Å². The third-order valence-corrected chi connectivity index (χ3v) is 3.09. The van der Waals surface area contributed by atoms with Gasteiger partial charge in [-0.2, -0.15) is 4.98 Å².